The van der Waals surface area contributed by atoms with Gasteiger partial charge in [0.2, 0.25) is 5.91 Å². The van der Waals surface area contributed by atoms with Crippen LogP contribution in [-0.2, 0) is 29.0 Å². The highest BCUT2D eigenvalue weighted by Crippen LogP contribution is 2.29. The molecule has 0 spiro atoms. The van der Waals surface area contributed by atoms with E-state index in [2.05, 4.69) is 21.4 Å². The molecule has 1 N–H and O–H groups in total. The molecular formula is C31H41FN4O6. The maximum atomic E-state index is 13.3. The third-order valence-corrected chi connectivity index (χ3v) is 7.18. The van der Waals surface area contributed by atoms with Crippen molar-refractivity contribution in [2.45, 2.75) is 38.5 Å². The third kappa shape index (κ3) is 8.67. The predicted octanol–water partition coefficient (Wildman–Crippen LogP) is 3.16. The summed E-state index contributed by atoms with van der Waals surface area (Å²) in [6.45, 7) is 5.15. The lowest BCUT2D eigenvalue weighted by Crippen LogP contribution is -2.52. The summed E-state index contributed by atoms with van der Waals surface area (Å²) in [6.07, 6.45) is 5.53. The molecule has 10 nitrogen and oxygen atoms in total. The van der Waals surface area contributed by atoms with Crippen LogP contribution >= 0.6 is 0 Å². The number of rotatable bonds is 14. The molecule has 42 heavy (non-hydrogen) atoms. The van der Waals surface area contributed by atoms with Crippen LogP contribution < -0.4 is 14.2 Å². The van der Waals surface area contributed by atoms with E-state index in [4.69, 9.17) is 18.9 Å². The number of halogens is 1. The maximum absolute atomic E-state index is 13.3. The molecule has 4 rings (SSSR count). The standard InChI is InChI=1S/C31H41FN4O6/c1-4-29-33-12-14-35(29)13-5-17-41-27-11-6-24(18-28(27)40-3)19-34-15-16-36(30(37)20-39-2)22-31(38,21-34)23-42-26-9-7-25(32)8-10-26/h6-12,14,18,38H,4-5,13,15-17,19-23H2,1-3H3/t31-/m0/s1. The lowest BCUT2D eigenvalue weighted by atomic mass is 10.0. The van der Waals surface area contributed by atoms with Gasteiger partial charge in [-0.05, 0) is 48.4 Å². The number of methoxy groups -OCH3 is 2. The number of carbonyl (C=O) groups excluding carboxylic acids is 1. The topological polar surface area (TPSA) is 98.5 Å². The molecule has 1 amide bonds. The van der Waals surface area contributed by atoms with Gasteiger partial charge in [-0.1, -0.05) is 13.0 Å². The van der Waals surface area contributed by atoms with Gasteiger partial charge in [0.1, 0.15) is 36.2 Å². The van der Waals surface area contributed by atoms with E-state index in [-0.39, 0.29) is 38.0 Å². The summed E-state index contributed by atoms with van der Waals surface area (Å²) in [5.41, 5.74) is -0.391. The number of hydrogen-bond donors (Lipinski definition) is 1. The lowest BCUT2D eigenvalue weighted by Gasteiger charge is -2.33. The molecule has 1 aliphatic rings. The molecule has 1 aliphatic heterocycles. The Morgan fingerprint density at radius 2 is 1.88 bits per heavy atom. The largest absolute Gasteiger partial charge is 0.493 e. The number of imidazole rings is 1. The quantitative estimate of drug-likeness (QED) is 0.289. The van der Waals surface area contributed by atoms with Gasteiger partial charge in [-0.2, -0.15) is 0 Å². The van der Waals surface area contributed by atoms with Gasteiger partial charge in [-0.3, -0.25) is 9.69 Å². The fourth-order valence-corrected chi connectivity index (χ4v) is 5.11. The molecule has 1 saturated heterocycles. The first kappa shape index (κ1) is 31.3. The fourth-order valence-electron chi connectivity index (χ4n) is 5.11. The summed E-state index contributed by atoms with van der Waals surface area (Å²) in [5.74, 6) is 2.22. The number of benzene rings is 2. The van der Waals surface area contributed by atoms with Gasteiger partial charge in [-0.25, -0.2) is 9.37 Å². The van der Waals surface area contributed by atoms with E-state index >= 15 is 0 Å². The van der Waals surface area contributed by atoms with Crippen molar-refractivity contribution in [2.75, 3.05) is 60.2 Å². The van der Waals surface area contributed by atoms with Crippen LogP contribution in [0.1, 0.15) is 24.7 Å². The Labute approximate surface area is 246 Å². The van der Waals surface area contributed by atoms with Crippen LogP contribution in [0.5, 0.6) is 17.2 Å². The number of aromatic nitrogens is 2. The molecule has 0 bridgehead atoms. The zero-order chi connectivity index (χ0) is 30.0. The Balaban J connectivity index is 1.40. The first-order valence-corrected chi connectivity index (χ1v) is 14.2. The van der Waals surface area contributed by atoms with Crippen LogP contribution in [-0.4, -0.2) is 96.2 Å². The number of aliphatic hydroxyl groups is 1. The van der Waals surface area contributed by atoms with Crippen molar-refractivity contribution >= 4 is 5.91 Å². The van der Waals surface area contributed by atoms with Crippen LogP contribution in [0.15, 0.2) is 54.9 Å². The van der Waals surface area contributed by atoms with Crippen molar-refractivity contribution in [3.8, 4) is 17.2 Å². The average molecular weight is 585 g/mol. The minimum absolute atomic E-state index is 0.0686. The Kier molecular flexibility index (Phi) is 11.2. The lowest BCUT2D eigenvalue weighted by molar-refractivity contribution is -0.138. The number of ether oxygens (including phenoxy) is 4. The Bertz CT molecular complexity index is 1290. The molecule has 3 aromatic rings. The van der Waals surface area contributed by atoms with Crippen LogP contribution in [0.4, 0.5) is 4.39 Å². The molecule has 0 saturated carbocycles. The molecule has 0 unspecified atom stereocenters. The first-order valence-electron chi connectivity index (χ1n) is 14.2. The number of carbonyl (C=O) groups is 1. The van der Waals surface area contributed by atoms with E-state index in [1.54, 1.807) is 12.0 Å². The fraction of sp³-hybridized carbons (Fsp3) is 0.484. The minimum atomic E-state index is -1.37. The van der Waals surface area contributed by atoms with Crippen molar-refractivity contribution in [3.63, 3.8) is 0 Å². The summed E-state index contributed by atoms with van der Waals surface area (Å²) in [4.78, 5) is 20.7. The van der Waals surface area contributed by atoms with E-state index in [9.17, 15) is 14.3 Å². The van der Waals surface area contributed by atoms with Crippen molar-refractivity contribution in [2.24, 2.45) is 0 Å². The highest BCUT2D eigenvalue weighted by Gasteiger charge is 2.37. The predicted molar refractivity (Wildman–Crippen MR) is 155 cm³/mol. The molecule has 0 radical (unpaired) electrons. The smallest absolute Gasteiger partial charge is 0.248 e. The second-order valence-electron chi connectivity index (χ2n) is 10.5. The molecule has 0 aliphatic carbocycles. The Hall–Kier alpha value is -3.67. The van der Waals surface area contributed by atoms with Gasteiger partial charge in [0.15, 0.2) is 11.5 Å². The number of hydrogen-bond acceptors (Lipinski definition) is 8. The molecule has 2 heterocycles. The van der Waals surface area contributed by atoms with Crippen molar-refractivity contribution in [3.05, 3.63) is 72.1 Å². The number of nitrogens with zero attached hydrogens (tertiary/aromatic N) is 4. The first-order chi connectivity index (χ1) is 20.3. The van der Waals surface area contributed by atoms with Crippen molar-refractivity contribution in [1.82, 2.24) is 19.4 Å². The zero-order valence-corrected chi connectivity index (χ0v) is 24.6. The highest BCUT2D eigenvalue weighted by molar-refractivity contribution is 5.77. The monoisotopic (exact) mass is 584 g/mol. The average Bonchev–Trinajstić information content (AvgIpc) is 3.38. The van der Waals surface area contributed by atoms with Crippen molar-refractivity contribution in [1.29, 1.82) is 0 Å². The molecule has 228 valence electrons. The molecular weight excluding hydrogens is 543 g/mol. The van der Waals surface area contributed by atoms with E-state index in [0.29, 0.717) is 43.5 Å². The summed E-state index contributed by atoms with van der Waals surface area (Å²) < 4.78 is 38.0. The number of aryl methyl sites for hydroxylation is 2. The maximum Gasteiger partial charge on any atom is 0.248 e. The van der Waals surface area contributed by atoms with Gasteiger partial charge in [0, 0.05) is 58.6 Å². The van der Waals surface area contributed by atoms with Gasteiger partial charge in [0.25, 0.3) is 0 Å². The van der Waals surface area contributed by atoms with E-state index < -0.39 is 5.60 Å². The molecule has 11 heteroatoms. The van der Waals surface area contributed by atoms with Crippen LogP contribution in [0.3, 0.4) is 0 Å². The van der Waals surface area contributed by atoms with Crippen LogP contribution in [0, 0.1) is 5.82 Å². The summed E-state index contributed by atoms with van der Waals surface area (Å²) >= 11 is 0. The normalized spacial score (nSPS) is 17.6. The second-order valence-corrected chi connectivity index (χ2v) is 10.5. The van der Waals surface area contributed by atoms with Gasteiger partial charge in [0.05, 0.1) is 20.3 Å². The Morgan fingerprint density at radius 3 is 2.62 bits per heavy atom. The number of amides is 1. The molecule has 2 aromatic carbocycles. The Morgan fingerprint density at radius 1 is 1.07 bits per heavy atom. The molecule has 1 fully saturated rings. The SMILES string of the molecule is CCc1nccn1CCCOc1ccc(CN2CCN(C(=O)COC)C[C@](O)(COc3ccc(F)cc3)C2)cc1OC. The highest BCUT2D eigenvalue weighted by atomic mass is 19.1. The third-order valence-electron chi connectivity index (χ3n) is 7.18. The van der Waals surface area contributed by atoms with Crippen LogP contribution in [0.25, 0.3) is 0 Å². The van der Waals surface area contributed by atoms with Gasteiger partial charge in [-0.15, -0.1) is 0 Å². The van der Waals surface area contributed by atoms with E-state index in [0.717, 1.165) is 30.8 Å². The van der Waals surface area contributed by atoms with Crippen LogP contribution in [0.2, 0.25) is 0 Å². The van der Waals surface area contributed by atoms with E-state index in [1.165, 1.54) is 31.4 Å². The molecule has 1 aromatic heterocycles. The molecule has 1 atom stereocenters. The summed E-state index contributed by atoms with van der Waals surface area (Å²) in [7, 11) is 3.08. The number of β-amino-alcohol motifs (C(OH)–C–C–N with tert-alkyl or cyclic N) is 1. The second kappa shape index (κ2) is 15.0. The minimum Gasteiger partial charge on any atom is -0.493 e. The van der Waals surface area contributed by atoms with E-state index in [1.807, 2.05) is 30.6 Å². The van der Waals surface area contributed by atoms with Crippen molar-refractivity contribution < 1.29 is 33.2 Å². The van der Waals surface area contributed by atoms with Gasteiger partial charge < -0.3 is 33.5 Å². The van der Waals surface area contributed by atoms with Gasteiger partial charge >= 0.3 is 0 Å². The summed E-state index contributed by atoms with van der Waals surface area (Å²) in [6, 6.07) is 11.4. The zero-order valence-electron chi connectivity index (χ0n) is 24.6. The summed E-state index contributed by atoms with van der Waals surface area (Å²) in [5, 5.41) is 11.6.